The van der Waals surface area contributed by atoms with Gasteiger partial charge in [-0.25, -0.2) is 25.8 Å². The molecule has 0 amide bonds. The Labute approximate surface area is 325 Å². The van der Waals surface area contributed by atoms with Crippen LogP contribution in [0.25, 0.3) is 33.4 Å². The summed E-state index contributed by atoms with van der Waals surface area (Å²) in [5, 5.41) is 6.11. The molecular weight excluding hydrogens is 747 g/mol. The van der Waals surface area contributed by atoms with E-state index in [1.165, 1.54) is 15.3 Å². The van der Waals surface area contributed by atoms with Crippen LogP contribution in [0.2, 0.25) is 10.0 Å². The minimum atomic E-state index is -0.313. The number of oxime groups is 1. The lowest BCUT2D eigenvalue weighted by Gasteiger charge is -2.08. The van der Waals surface area contributed by atoms with E-state index in [0.29, 0.717) is 68.2 Å². The Morgan fingerprint density at radius 3 is 1.78 bits per heavy atom. The Hall–Kier alpha value is -5.42. The molecule has 6 aromatic rings. The number of hydrogen-bond donors (Lipinski definition) is 1. The number of benzene rings is 2. The number of nitrogens with zero attached hydrogens (tertiary/aromatic N) is 9. The van der Waals surface area contributed by atoms with Gasteiger partial charge in [-0.05, 0) is 108 Å². The molecule has 2 aliphatic heterocycles. The summed E-state index contributed by atoms with van der Waals surface area (Å²) in [5.74, 6) is 4.98. The molecule has 2 aliphatic rings. The number of rotatable bonds is 9. The maximum absolute atomic E-state index is 13.0. The molecule has 0 radical (unpaired) electrons. The van der Waals surface area contributed by atoms with Crippen LogP contribution in [-0.2, 0) is 9.68 Å². The van der Waals surface area contributed by atoms with Crippen LogP contribution in [0.5, 0.6) is 0 Å². The monoisotopic (exact) mass is 784 g/mol. The first-order valence-corrected chi connectivity index (χ1v) is 18.0. The maximum Gasteiger partial charge on any atom is 0.267 e. The second-order valence-corrected chi connectivity index (χ2v) is 13.9. The Morgan fingerprint density at radius 1 is 0.709 bits per heavy atom. The zero-order valence-corrected chi connectivity index (χ0v) is 32.1. The van der Waals surface area contributed by atoms with E-state index in [2.05, 4.69) is 39.7 Å². The van der Waals surface area contributed by atoms with Crippen molar-refractivity contribution in [3.8, 4) is 11.4 Å². The van der Waals surface area contributed by atoms with Gasteiger partial charge in [0.25, 0.3) is 11.1 Å². The van der Waals surface area contributed by atoms with Crippen molar-refractivity contribution in [3.05, 3.63) is 127 Å². The standard InChI is InChI=1S/C19H18ClN5O2.C14H6ClN3O2.C5H14N2O/c1-24(2)9-4-10-27-23-16-14-11-12(20)6-7-15(14)25-18(16)22-17-13(19(25)26)5-3-8-21-17;15-7-3-4-10-9(6-7)11(19)13-17-12-8(2-1-5-16-12)14(20)18(10)13;1-7(2)4-3-5-8-6/h3,5-8,11H,4,9-10H2,1-2H3;1-6H;3-6H2,1-2H3. The Morgan fingerprint density at radius 2 is 1.22 bits per heavy atom. The first-order chi connectivity index (χ1) is 26.5. The Bertz CT molecular complexity index is 2540. The van der Waals surface area contributed by atoms with Crippen molar-refractivity contribution in [1.82, 2.24) is 38.9 Å². The van der Waals surface area contributed by atoms with Crippen molar-refractivity contribution < 1.29 is 14.5 Å². The Kier molecular flexibility index (Phi) is 12.4. The summed E-state index contributed by atoms with van der Waals surface area (Å²) in [6, 6.07) is 16.9. The second-order valence-electron chi connectivity index (χ2n) is 13.0. The summed E-state index contributed by atoms with van der Waals surface area (Å²) in [6.45, 7) is 3.05. The number of hydrogen-bond acceptors (Lipinski definition) is 13. The molecule has 0 bridgehead atoms. The number of carbonyl (C=O) groups is 1. The lowest BCUT2D eigenvalue weighted by atomic mass is 10.1. The van der Waals surface area contributed by atoms with Gasteiger partial charge in [0, 0.05) is 34.5 Å². The molecule has 15 nitrogen and oxygen atoms in total. The van der Waals surface area contributed by atoms with Crippen molar-refractivity contribution in [2.45, 2.75) is 12.8 Å². The highest BCUT2D eigenvalue weighted by atomic mass is 35.5. The minimum Gasteiger partial charge on any atom is -0.395 e. The van der Waals surface area contributed by atoms with Gasteiger partial charge < -0.3 is 19.5 Å². The molecule has 0 atom stereocenters. The van der Waals surface area contributed by atoms with E-state index in [-0.39, 0.29) is 28.4 Å². The summed E-state index contributed by atoms with van der Waals surface area (Å²) in [4.78, 5) is 68.9. The molecule has 6 heterocycles. The van der Waals surface area contributed by atoms with Gasteiger partial charge in [0.15, 0.2) is 28.7 Å². The third-order valence-corrected chi connectivity index (χ3v) is 8.94. The molecular formula is C38H38Cl2N10O5. The minimum absolute atomic E-state index is 0.0819. The molecule has 0 aliphatic carbocycles. The van der Waals surface area contributed by atoms with E-state index >= 15 is 0 Å². The van der Waals surface area contributed by atoms with Crippen molar-refractivity contribution in [2.75, 3.05) is 54.5 Å². The van der Waals surface area contributed by atoms with Crippen molar-refractivity contribution >= 4 is 56.8 Å². The van der Waals surface area contributed by atoms with E-state index in [1.807, 2.05) is 28.2 Å². The van der Waals surface area contributed by atoms with Crippen LogP contribution in [0.15, 0.2) is 87.8 Å². The van der Waals surface area contributed by atoms with Crippen LogP contribution in [0, 0.1) is 0 Å². The zero-order chi connectivity index (χ0) is 39.2. The molecule has 0 saturated carbocycles. The van der Waals surface area contributed by atoms with Gasteiger partial charge in [-0.3, -0.25) is 23.5 Å². The predicted octanol–water partition coefficient (Wildman–Crippen LogP) is 4.28. The first-order valence-electron chi connectivity index (χ1n) is 17.2. The van der Waals surface area contributed by atoms with E-state index in [9.17, 15) is 14.4 Å². The maximum atomic E-state index is 13.0. The molecule has 55 heavy (non-hydrogen) atoms. The molecule has 8 rings (SSSR count). The molecule has 2 aromatic carbocycles. The predicted molar refractivity (Wildman–Crippen MR) is 212 cm³/mol. The fourth-order valence-corrected chi connectivity index (χ4v) is 6.27. The van der Waals surface area contributed by atoms with Gasteiger partial charge in [0.05, 0.1) is 34.3 Å². The number of fused-ring (bicyclic) bond motifs is 8. The molecule has 0 fully saturated rings. The topological polar surface area (TPSA) is 176 Å². The number of aromatic nitrogens is 6. The fraction of sp³-hybridized carbons (Fsp3) is 0.263. The van der Waals surface area contributed by atoms with Gasteiger partial charge in [0.1, 0.15) is 6.61 Å². The van der Waals surface area contributed by atoms with Gasteiger partial charge in [-0.2, -0.15) is 0 Å². The van der Waals surface area contributed by atoms with E-state index < -0.39 is 0 Å². The summed E-state index contributed by atoms with van der Waals surface area (Å²) in [5.41, 5.74) is 2.96. The van der Waals surface area contributed by atoms with E-state index in [1.54, 1.807) is 66.9 Å². The molecule has 0 spiro atoms. The number of halogens is 2. The number of pyridine rings is 2. The molecule has 2 N–H and O–H groups in total. The van der Waals surface area contributed by atoms with Crippen molar-refractivity contribution in [1.29, 1.82) is 0 Å². The smallest absolute Gasteiger partial charge is 0.267 e. The largest absolute Gasteiger partial charge is 0.395 e. The van der Waals surface area contributed by atoms with Gasteiger partial charge in [-0.15, -0.1) is 0 Å². The highest BCUT2D eigenvalue weighted by molar-refractivity contribution is 6.32. The summed E-state index contributed by atoms with van der Waals surface area (Å²) in [6.07, 6.45) is 4.99. The Balaban J connectivity index is 0.000000161. The van der Waals surface area contributed by atoms with Crippen LogP contribution in [0.4, 0.5) is 0 Å². The summed E-state index contributed by atoms with van der Waals surface area (Å²) < 4.78 is 2.86. The molecule has 4 aromatic heterocycles. The highest BCUT2D eigenvalue weighted by Crippen LogP contribution is 2.30. The molecule has 0 saturated heterocycles. The average Bonchev–Trinajstić information content (AvgIpc) is 3.62. The van der Waals surface area contributed by atoms with E-state index in [0.717, 1.165) is 31.5 Å². The zero-order valence-electron chi connectivity index (χ0n) is 30.6. The number of nitrogens with two attached hydrogens (primary N) is 1. The summed E-state index contributed by atoms with van der Waals surface area (Å²) in [7, 11) is 8.06. The normalized spacial score (nSPS) is 13.0. The quantitative estimate of drug-likeness (QED) is 0.163. The number of ketones is 1. The van der Waals surface area contributed by atoms with E-state index in [4.69, 9.17) is 33.9 Å². The third-order valence-electron chi connectivity index (χ3n) is 8.47. The number of carbonyl (C=O) groups excluding carboxylic acids is 1. The van der Waals surface area contributed by atoms with Crippen LogP contribution >= 0.6 is 23.2 Å². The van der Waals surface area contributed by atoms with Crippen molar-refractivity contribution in [3.63, 3.8) is 0 Å². The molecule has 284 valence electrons. The lowest BCUT2D eigenvalue weighted by molar-refractivity contribution is 0.103. The highest BCUT2D eigenvalue weighted by Gasteiger charge is 2.31. The van der Waals surface area contributed by atoms with Crippen LogP contribution in [-0.4, -0.2) is 105 Å². The van der Waals surface area contributed by atoms with Crippen LogP contribution < -0.4 is 17.0 Å². The van der Waals surface area contributed by atoms with Gasteiger partial charge in [0.2, 0.25) is 5.78 Å². The average molecular weight is 786 g/mol. The SMILES string of the molecule is CN(C)CCCON.CN(C)CCCON=C1c2cc(Cl)ccc2-n2c1nc1ncccc1c2=O.O=C1c2cc(Cl)ccc2-n2c1nc1ncccc1c2=O. The van der Waals surface area contributed by atoms with Crippen LogP contribution in [0.3, 0.4) is 0 Å². The van der Waals surface area contributed by atoms with Gasteiger partial charge >= 0.3 is 0 Å². The molecule has 0 unspecified atom stereocenters. The molecule has 17 heteroatoms. The lowest BCUT2D eigenvalue weighted by Crippen LogP contribution is -2.22. The fourth-order valence-electron chi connectivity index (χ4n) is 5.93. The van der Waals surface area contributed by atoms with Crippen LogP contribution in [0.1, 0.15) is 40.4 Å². The summed E-state index contributed by atoms with van der Waals surface area (Å²) >= 11 is 12.1. The van der Waals surface area contributed by atoms with Gasteiger partial charge in [-0.1, -0.05) is 28.4 Å². The van der Waals surface area contributed by atoms with Crippen molar-refractivity contribution in [2.24, 2.45) is 11.1 Å². The first kappa shape index (κ1) is 39.3. The third kappa shape index (κ3) is 8.47. The second kappa shape index (κ2) is 17.4.